The summed E-state index contributed by atoms with van der Waals surface area (Å²) in [5.41, 5.74) is 2.57. The van der Waals surface area contributed by atoms with E-state index < -0.39 is 5.60 Å². The molecule has 2 N–H and O–H groups in total. The lowest BCUT2D eigenvalue weighted by atomic mass is 9.92. The third-order valence-electron chi connectivity index (χ3n) is 2.70. The van der Waals surface area contributed by atoms with Crippen LogP contribution in [0.2, 0.25) is 0 Å². The Morgan fingerprint density at radius 3 is 2.12 bits per heavy atom. The Morgan fingerprint density at radius 2 is 1.69 bits per heavy atom. The third-order valence-corrected chi connectivity index (χ3v) is 2.70. The molecule has 0 bridgehead atoms. The van der Waals surface area contributed by atoms with Crippen molar-refractivity contribution in [2.45, 2.75) is 46.3 Å². The van der Waals surface area contributed by atoms with Gasteiger partial charge in [-0.15, -0.1) is 0 Å². The molecule has 1 rings (SSSR count). The molecule has 0 radical (unpaired) electrons. The number of rotatable bonds is 4. The van der Waals surface area contributed by atoms with Crippen LogP contribution in [0.1, 0.15) is 37.5 Å². The van der Waals surface area contributed by atoms with Crippen LogP contribution in [0.15, 0.2) is 18.2 Å². The standard InChI is InChI=1S/C14H23NO/c1-10(2)15-9-14(5,16)13-7-11(3)6-12(4)8-13/h6-8,10,15-16H,9H2,1-5H3. The van der Waals surface area contributed by atoms with E-state index in [-0.39, 0.29) is 0 Å². The number of aryl methyl sites for hydroxylation is 2. The van der Waals surface area contributed by atoms with Gasteiger partial charge < -0.3 is 10.4 Å². The summed E-state index contributed by atoms with van der Waals surface area (Å²) in [5, 5.41) is 13.7. The molecule has 0 spiro atoms. The highest BCUT2D eigenvalue weighted by atomic mass is 16.3. The summed E-state index contributed by atoms with van der Waals surface area (Å²) in [5.74, 6) is 0. The number of aliphatic hydroxyl groups is 1. The van der Waals surface area contributed by atoms with Crippen molar-refractivity contribution in [2.24, 2.45) is 0 Å². The molecule has 0 aliphatic heterocycles. The van der Waals surface area contributed by atoms with E-state index in [1.165, 1.54) is 11.1 Å². The van der Waals surface area contributed by atoms with Gasteiger partial charge in [-0.25, -0.2) is 0 Å². The number of benzene rings is 1. The number of hydrogen-bond acceptors (Lipinski definition) is 2. The van der Waals surface area contributed by atoms with E-state index in [4.69, 9.17) is 0 Å². The second kappa shape index (κ2) is 4.98. The molecule has 0 aliphatic carbocycles. The Balaban J connectivity index is 2.88. The zero-order valence-corrected chi connectivity index (χ0v) is 11.0. The van der Waals surface area contributed by atoms with Gasteiger partial charge in [0, 0.05) is 12.6 Å². The van der Waals surface area contributed by atoms with Crippen LogP contribution in [0.25, 0.3) is 0 Å². The minimum atomic E-state index is -0.805. The summed E-state index contributed by atoms with van der Waals surface area (Å²) in [7, 11) is 0. The van der Waals surface area contributed by atoms with E-state index >= 15 is 0 Å². The highest BCUT2D eigenvalue weighted by Gasteiger charge is 2.23. The molecule has 1 atom stereocenters. The summed E-state index contributed by atoms with van der Waals surface area (Å²) in [6.45, 7) is 10.7. The maximum absolute atomic E-state index is 10.4. The van der Waals surface area contributed by atoms with Gasteiger partial charge in [0.15, 0.2) is 0 Å². The van der Waals surface area contributed by atoms with Crippen molar-refractivity contribution in [3.05, 3.63) is 34.9 Å². The second-order valence-electron chi connectivity index (χ2n) is 5.19. The van der Waals surface area contributed by atoms with Crippen molar-refractivity contribution in [3.8, 4) is 0 Å². The van der Waals surface area contributed by atoms with Crippen molar-refractivity contribution in [2.75, 3.05) is 6.54 Å². The average molecular weight is 221 g/mol. The molecule has 1 unspecified atom stereocenters. The lowest BCUT2D eigenvalue weighted by molar-refractivity contribution is 0.0548. The summed E-state index contributed by atoms with van der Waals surface area (Å²) in [4.78, 5) is 0. The molecule has 1 aromatic rings. The van der Waals surface area contributed by atoms with E-state index in [2.05, 4.69) is 51.2 Å². The molecule has 0 saturated heterocycles. The lowest BCUT2D eigenvalue weighted by Gasteiger charge is -2.26. The number of hydrogen-bond donors (Lipinski definition) is 2. The second-order valence-corrected chi connectivity index (χ2v) is 5.19. The van der Waals surface area contributed by atoms with Gasteiger partial charge in [0.25, 0.3) is 0 Å². The van der Waals surface area contributed by atoms with Crippen LogP contribution in [0, 0.1) is 13.8 Å². The fourth-order valence-electron chi connectivity index (χ4n) is 1.79. The quantitative estimate of drug-likeness (QED) is 0.819. The minimum absolute atomic E-state index is 0.386. The van der Waals surface area contributed by atoms with Gasteiger partial charge in [-0.3, -0.25) is 0 Å². The molecular weight excluding hydrogens is 198 g/mol. The lowest BCUT2D eigenvalue weighted by Crippen LogP contribution is -2.38. The Morgan fingerprint density at radius 1 is 1.19 bits per heavy atom. The first-order valence-electron chi connectivity index (χ1n) is 5.86. The fourth-order valence-corrected chi connectivity index (χ4v) is 1.79. The predicted molar refractivity (Wildman–Crippen MR) is 68.6 cm³/mol. The zero-order valence-electron chi connectivity index (χ0n) is 11.0. The molecule has 0 aliphatic rings. The maximum Gasteiger partial charge on any atom is 0.0992 e. The van der Waals surface area contributed by atoms with Gasteiger partial charge in [-0.1, -0.05) is 43.2 Å². The van der Waals surface area contributed by atoms with E-state index in [1.54, 1.807) is 0 Å². The number of nitrogens with one attached hydrogen (secondary N) is 1. The molecule has 0 fully saturated rings. The van der Waals surface area contributed by atoms with Crippen LogP contribution in [-0.2, 0) is 5.60 Å². The van der Waals surface area contributed by atoms with E-state index in [1.807, 2.05) is 6.92 Å². The van der Waals surface area contributed by atoms with E-state index in [0.29, 0.717) is 12.6 Å². The molecule has 2 nitrogen and oxygen atoms in total. The van der Waals surface area contributed by atoms with Gasteiger partial charge in [-0.05, 0) is 26.3 Å². The molecule has 0 amide bonds. The SMILES string of the molecule is Cc1cc(C)cc(C(C)(O)CNC(C)C)c1. The van der Waals surface area contributed by atoms with Crippen molar-refractivity contribution in [1.29, 1.82) is 0 Å². The highest BCUT2D eigenvalue weighted by molar-refractivity contribution is 5.32. The maximum atomic E-state index is 10.4. The fraction of sp³-hybridized carbons (Fsp3) is 0.571. The molecule has 90 valence electrons. The molecule has 1 aromatic carbocycles. The van der Waals surface area contributed by atoms with Gasteiger partial charge in [0.1, 0.15) is 0 Å². The van der Waals surface area contributed by atoms with Crippen LogP contribution >= 0.6 is 0 Å². The van der Waals surface area contributed by atoms with Crippen molar-refractivity contribution in [3.63, 3.8) is 0 Å². The topological polar surface area (TPSA) is 32.3 Å². The Labute approximate surface area is 98.7 Å². The first-order valence-corrected chi connectivity index (χ1v) is 5.86. The van der Waals surface area contributed by atoms with Crippen LogP contribution in [0.4, 0.5) is 0 Å². The third kappa shape index (κ3) is 3.62. The largest absolute Gasteiger partial charge is 0.384 e. The summed E-state index contributed by atoms with van der Waals surface area (Å²) < 4.78 is 0. The van der Waals surface area contributed by atoms with Gasteiger partial charge >= 0.3 is 0 Å². The zero-order chi connectivity index (χ0) is 12.3. The van der Waals surface area contributed by atoms with E-state index in [9.17, 15) is 5.11 Å². The Bertz CT molecular complexity index is 336. The van der Waals surface area contributed by atoms with Crippen LogP contribution in [0.5, 0.6) is 0 Å². The molecule has 16 heavy (non-hydrogen) atoms. The van der Waals surface area contributed by atoms with E-state index in [0.717, 1.165) is 5.56 Å². The predicted octanol–water partition coefficient (Wildman–Crippen LogP) is 2.51. The summed E-state index contributed by atoms with van der Waals surface area (Å²) >= 11 is 0. The summed E-state index contributed by atoms with van der Waals surface area (Å²) in [6, 6.07) is 6.61. The first kappa shape index (κ1) is 13.2. The Hall–Kier alpha value is -0.860. The highest BCUT2D eigenvalue weighted by Crippen LogP contribution is 2.22. The van der Waals surface area contributed by atoms with Crippen molar-refractivity contribution >= 4 is 0 Å². The van der Waals surface area contributed by atoms with Crippen LogP contribution < -0.4 is 5.32 Å². The van der Waals surface area contributed by atoms with Gasteiger partial charge in [0.05, 0.1) is 5.60 Å². The summed E-state index contributed by atoms with van der Waals surface area (Å²) in [6.07, 6.45) is 0. The van der Waals surface area contributed by atoms with Crippen molar-refractivity contribution < 1.29 is 5.11 Å². The van der Waals surface area contributed by atoms with Crippen LogP contribution in [-0.4, -0.2) is 17.7 Å². The van der Waals surface area contributed by atoms with Crippen molar-refractivity contribution in [1.82, 2.24) is 5.32 Å². The average Bonchev–Trinajstić information content (AvgIpc) is 2.13. The molecule has 0 heterocycles. The van der Waals surface area contributed by atoms with Crippen LogP contribution in [0.3, 0.4) is 0 Å². The smallest absolute Gasteiger partial charge is 0.0992 e. The van der Waals surface area contributed by atoms with Gasteiger partial charge in [0.2, 0.25) is 0 Å². The van der Waals surface area contributed by atoms with Gasteiger partial charge in [-0.2, -0.15) is 0 Å². The monoisotopic (exact) mass is 221 g/mol. The minimum Gasteiger partial charge on any atom is -0.384 e. The molecule has 2 heteroatoms. The molecular formula is C14H23NO. The first-order chi connectivity index (χ1) is 7.31. The molecule has 0 saturated carbocycles. The normalized spacial score (nSPS) is 15.2. The molecule has 0 aromatic heterocycles. The Kier molecular flexibility index (Phi) is 4.11.